The smallest absolute Gasteiger partial charge is 0.275 e. The minimum atomic E-state index is -0.509. The molecule has 0 aliphatic rings. The van der Waals surface area contributed by atoms with E-state index in [2.05, 4.69) is 10.4 Å². The molecular weight excluding hydrogens is 405 g/mol. The molecule has 0 fully saturated rings. The van der Waals surface area contributed by atoms with Crippen LogP contribution in [0.15, 0.2) is 53.3 Å². The molecular formula is C22H22FN3O5. The van der Waals surface area contributed by atoms with Crippen molar-refractivity contribution < 1.29 is 23.4 Å². The average Bonchev–Trinajstić information content (AvgIpc) is 2.79. The molecule has 31 heavy (non-hydrogen) atoms. The number of halogens is 1. The van der Waals surface area contributed by atoms with Crippen LogP contribution in [0.3, 0.4) is 0 Å². The van der Waals surface area contributed by atoms with Gasteiger partial charge in [0.05, 0.1) is 33.1 Å². The largest absolute Gasteiger partial charge is 0.494 e. The highest BCUT2D eigenvalue weighted by molar-refractivity contribution is 5.94. The normalized spacial score (nSPS) is 10.5. The van der Waals surface area contributed by atoms with E-state index < -0.39 is 17.3 Å². The van der Waals surface area contributed by atoms with Gasteiger partial charge in [-0.15, -0.1) is 0 Å². The summed E-state index contributed by atoms with van der Waals surface area (Å²) in [5.41, 5.74) is 0.701. The van der Waals surface area contributed by atoms with Crippen LogP contribution >= 0.6 is 0 Å². The summed E-state index contributed by atoms with van der Waals surface area (Å²) in [6.45, 7) is 0.314. The van der Waals surface area contributed by atoms with Crippen LogP contribution in [-0.2, 0) is 6.42 Å². The van der Waals surface area contributed by atoms with Gasteiger partial charge in [0, 0.05) is 6.54 Å². The van der Waals surface area contributed by atoms with Crippen LogP contribution in [0.5, 0.6) is 17.2 Å². The van der Waals surface area contributed by atoms with Crippen molar-refractivity contribution in [2.45, 2.75) is 6.42 Å². The second-order valence-corrected chi connectivity index (χ2v) is 6.48. The maximum Gasteiger partial charge on any atom is 0.275 e. The Kier molecular flexibility index (Phi) is 6.86. The highest BCUT2D eigenvalue weighted by Gasteiger charge is 2.18. The van der Waals surface area contributed by atoms with Gasteiger partial charge in [0.25, 0.3) is 11.5 Å². The third kappa shape index (κ3) is 5.00. The quantitative estimate of drug-likeness (QED) is 0.594. The van der Waals surface area contributed by atoms with E-state index in [9.17, 15) is 14.0 Å². The SMILES string of the molecule is COc1ccc(CCNC(=O)c2nn(-c3ccc(F)cc3)c(=O)cc2OC)cc1OC. The first kappa shape index (κ1) is 21.8. The number of amides is 1. The third-order valence-corrected chi connectivity index (χ3v) is 4.55. The van der Waals surface area contributed by atoms with E-state index in [4.69, 9.17) is 14.2 Å². The van der Waals surface area contributed by atoms with Gasteiger partial charge in [-0.2, -0.15) is 9.78 Å². The monoisotopic (exact) mass is 427 g/mol. The second kappa shape index (κ2) is 9.75. The lowest BCUT2D eigenvalue weighted by molar-refractivity contribution is 0.0943. The van der Waals surface area contributed by atoms with Crippen LogP contribution in [0.25, 0.3) is 5.69 Å². The molecule has 0 aliphatic carbocycles. The van der Waals surface area contributed by atoms with Gasteiger partial charge in [-0.05, 0) is 48.4 Å². The van der Waals surface area contributed by atoms with Crippen LogP contribution < -0.4 is 25.1 Å². The summed E-state index contributed by atoms with van der Waals surface area (Å²) in [5.74, 6) is 0.312. The highest BCUT2D eigenvalue weighted by Crippen LogP contribution is 2.27. The number of nitrogens with zero attached hydrogens (tertiary/aromatic N) is 2. The predicted molar refractivity (Wildman–Crippen MR) is 112 cm³/mol. The Hall–Kier alpha value is -3.88. The number of nitrogens with one attached hydrogen (secondary N) is 1. The van der Waals surface area contributed by atoms with Crippen molar-refractivity contribution in [3.8, 4) is 22.9 Å². The van der Waals surface area contributed by atoms with E-state index in [0.29, 0.717) is 30.2 Å². The molecule has 1 N–H and O–H groups in total. The molecule has 0 unspecified atom stereocenters. The number of benzene rings is 2. The fourth-order valence-corrected chi connectivity index (χ4v) is 2.96. The predicted octanol–water partition coefficient (Wildman–Crippen LogP) is 2.37. The zero-order chi connectivity index (χ0) is 22.4. The molecule has 2 aromatic carbocycles. The Bertz CT molecular complexity index is 1130. The Morgan fingerprint density at radius 1 is 0.968 bits per heavy atom. The molecule has 3 rings (SSSR count). The minimum Gasteiger partial charge on any atom is -0.494 e. The first-order valence-corrected chi connectivity index (χ1v) is 9.40. The topological polar surface area (TPSA) is 91.7 Å². The maximum absolute atomic E-state index is 13.2. The molecule has 1 amide bonds. The van der Waals surface area contributed by atoms with Crippen molar-refractivity contribution in [3.05, 3.63) is 76.0 Å². The van der Waals surface area contributed by atoms with Crippen molar-refractivity contribution in [1.29, 1.82) is 0 Å². The van der Waals surface area contributed by atoms with Crippen molar-refractivity contribution in [3.63, 3.8) is 0 Å². The first-order valence-electron chi connectivity index (χ1n) is 9.40. The molecule has 1 aromatic heterocycles. The third-order valence-electron chi connectivity index (χ3n) is 4.55. The van der Waals surface area contributed by atoms with Crippen LogP contribution in [0.4, 0.5) is 4.39 Å². The summed E-state index contributed by atoms with van der Waals surface area (Å²) in [7, 11) is 4.46. The molecule has 0 radical (unpaired) electrons. The van der Waals surface area contributed by atoms with Gasteiger partial charge in [0.2, 0.25) is 0 Å². The number of ether oxygens (including phenoxy) is 3. The van der Waals surface area contributed by atoms with Crippen LogP contribution in [0.1, 0.15) is 16.1 Å². The molecule has 9 heteroatoms. The Balaban J connectivity index is 1.77. The van der Waals surface area contributed by atoms with Gasteiger partial charge in [0.15, 0.2) is 22.9 Å². The number of hydrogen-bond donors (Lipinski definition) is 1. The lowest BCUT2D eigenvalue weighted by Gasteiger charge is -2.12. The van der Waals surface area contributed by atoms with E-state index in [1.165, 1.54) is 37.4 Å². The maximum atomic E-state index is 13.2. The number of aromatic nitrogens is 2. The lowest BCUT2D eigenvalue weighted by atomic mass is 10.1. The van der Waals surface area contributed by atoms with Crippen LogP contribution in [0.2, 0.25) is 0 Å². The first-order chi connectivity index (χ1) is 15.0. The van der Waals surface area contributed by atoms with Crippen molar-refractivity contribution in [2.24, 2.45) is 0 Å². The molecule has 0 aliphatic heterocycles. The fraction of sp³-hybridized carbons (Fsp3) is 0.227. The zero-order valence-corrected chi connectivity index (χ0v) is 17.3. The highest BCUT2D eigenvalue weighted by atomic mass is 19.1. The molecule has 0 bridgehead atoms. The Morgan fingerprint density at radius 3 is 2.29 bits per heavy atom. The molecule has 1 heterocycles. The molecule has 0 saturated carbocycles. The number of methoxy groups -OCH3 is 3. The Morgan fingerprint density at radius 2 is 1.65 bits per heavy atom. The van der Waals surface area contributed by atoms with Gasteiger partial charge >= 0.3 is 0 Å². The standard InChI is InChI=1S/C22H22FN3O5/c1-29-17-9-4-14(12-18(17)30-2)10-11-24-22(28)21-19(31-3)13-20(27)26(25-21)16-7-5-15(23)6-8-16/h4-9,12-13H,10-11H2,1-3H3,(H,24,28). The van der Waals surface area contributed by atoms with Gasteiger partial charge in [0.1, 0.15) is 5.82 Å². The zero-order valence-electron chi connectivity index (χ0n) is 17.3. The minimum absolute atomic E-state index is 0.0481. The van der Waals surface area contributed by atoms with Crippen LogP contribution in [-0.4, -0.2) is 43.6 Å². The lowest BCUT2D eigenvalue weighted by Crippen LogP contribution is -2.31. The summed E-state index contributed by atoms with van der Waals surface area (Å²) < 4.78 is 29.9. The second-order valence-electron chi connectivity index (χ2n) is 6.48. The number of carbonyl (C=O) groups excluding carboxylic acids is 1. The molecule has 3 aromatic rings. The number of carbonyl (C=O) groups is 1. The molecule has 8 nitrogen and oxygen atoms in total. The van der Waals surface area contributed by atoms with Gasteiger partial charge in [-0.1, -0.05) is 6.07 Å². The summed E-state index contributed by atoms with van der Waals surface area (Å²) in [6.07, 6.45) is 0.534. The number of rotatable bonds is 8. The van der Waals surface area contributed by atoms with E-state index in [-0.39, 0.29) is 11.4 Å². The van der Waals surface area contributed by atoms with E-state index in [0.717, 1.165) is 10.2 Å². The van der Waals surface area contributed by atoms with Gasteiger partial charge < -0.3 is 19.5 Å². The fourth-order valence-electron chi connectivity index (χ4n) is 2.96. The van der Waals surface area contributed by atoms with Crippen molar-refractivity contribution >= 4 is 5.91 Å². The van der Waals surface area contributed by atoms with Crippen molar-refractivity contribution in [1.82, 2.24) is 15.1 Å². The molecule has 162 valence electrons. The summed E-state index contributed by atoms with van der Waals surface area (Å²) >= 11 is 0. The number of hydrogen-bond acceptors (Lipinski definition) is 6. The molecule has 0 saturated heterocycles. The summed E-state index contributed by atoms with van der Waals surface area (Å²) in [6, 6.07) is 11.9. The van der Waals surface area contributed by atoms with Crippen LogP contribution in [0, 0.1) is 5.82 Å². The molecule has 0 spiro atoms. The van der Waals surface area contributed by atoms with Crippen molar-refractivity contribution in [2.75, 3.05) is 27.9 Å². The summed E-state index contributed by atoms with van der Waals surface area (Å²) in [4.78, 5) is 25.1. The Labute approximate surface area is 178 Å². The van der Waals surface area contributed by atoms with E-state index in [1.807, 2.05) is 12.1 Å². The van der Waals surface area contributed by atoms with Gasteiger partial charge in [-0.25, -0.2) is 4.39 Å². The molecule has 0 atom stereocenters. The summed E-state index contributed by atoms with van der Waals surface area (Å²) in [5, 5.41) is 6.89. The van der Waals surface area contributed by atoms with E-state index >= 15 is 0 Å². The average molecular weight is 427 g/mol. The van der Waals surface area contributed by atoms with Gasteiger partial charge in [-0.3, -0.25) is 9.59 Å². The van der Waals surface area contributed by atoms with E-state index in [1.54, 1.807) is 20.3 Å².